The molecule has 2 aromatic rings. The van der Waals surface area contributed by atoms with Gasteiger partial charge in [0, 0.05) is 5.56 Å². The van der Waals surface area contributed by atoms with Gasteiger partial charge < -0.3 is 9.57 Å². The van der Waals surface area contributed by atoms with Gasteiger partial charge in [0.1, 0.15) is 25.0 Å². The Bertz CT molecular complexity index is 691. The standard InChI is InChI=1S/C18H23FN4O2/c1-5-10-25-22-16(17(19)23-13-20-12-21-23)15-8-6-14(7-9-15)11-24-18(2,3)4/h5-9,12-13,17H,1,10-11H2,2-4H3. The number of oxime groups is 1. The molecule has 1 heterocycles. The molecule has 7 heteroatoms. The Hall–Kier alpha value is -2.54. The van der Waals surface area contributed by atoms with Gasteiger partial charge in [-0.05, 0) is 26.3 Å². The summed E-state index contributed by atoms with van der Waals surface area (Å²) in [5.41, 5.74) is 1.46. The number of rotatable bonds is 8. The average molecular weight is 346 g/mol. The summed E-state index contributed by atoms with van der Waals surface area (Å²) in [6, 6.07) is 7.30. The summed E-state index contributed by atoms with van der Waals surface area (Å²) in [4.78, 5) is 8.85. The topological polar surface area (TPSA) is 61.5 Å². The summed E-state index contributed by atoms with van der Waals surface area (Å²) >= 11 is 0. The SMILES string of the molecule is C=CCON=C(c1ccc(COC(C)(C)C)cc1)C(F)n1cncn1. The highest BCUT2D eigenvalue weighted by atomic mass is 19.1. The number of hydrogen-bond donors (Lipinski definition) is 0. The molecule has 25 heavy (non-hydrogen) atoms. The molecule has 2 rings (SSSR count). The number of hydrogen-bond acceptors (Lipinski definition) is 5. The van der Waals surface area contributed by atoms with E-state index in [0.29, 0.717) is 12.2 Å². The van der Waals surface area contributed by atoms with Gasteiger partial charge in [-0.1, -0.05) is 42.1 Å². The Morgan fingerprint density at radius 3 is 2.64 bits per heavy atom. The van der Waals surface area contributed by atoms with Crippen molar-refractivity contribution in [2.45, 2.75) is 39.3 Å². The molecule has 0 N–H and O–H groups in total. The van der Waals surface area contributed by atoms with Crippen molar-refractivity contribution in [3.8, 4) is 0 Å². The first-order valence-corrected chi connectivity index (χ1v) is 7.93. The van der Waals surface area contributed by atoms with Crippen molar-refractivity contribution < 1.29 is 14.0 Å². The van der Waals surface area contributed by atoms with Crippen LogP contribution in [0.3, 0.4) is 0 Å². The van der Waals surface area contributed by atoms with Gasteiger partial charge in [-0.15, -0.1) is 0 Å². The number of ether oxygens (including phenoxy) is 1. The van der Waals surface area contributed by atoms with E-state index in [1.54, 1.807) is 12.1 Å². The van der Waals surface area contributed by atoms with Crippen molar-refractivity contribution in [1.29, 1.82) is 0 Å². The van der Waals surface area contributed by atoms with E-state index in [-0.39, 0.29) is 17.9 Å². The third kappa shape index (κ3) is 5.79. The van der Waals surface area contributed by atoms with E-state index in [1.807, 2.05) is 32.9 Å². The minimum Gasteiger partial charge on any atom is -0.391 e. The number of aromatic nitrogens is 3. The van der Waals surface area contributed by atoms with Crippen LogP contribution in [-0.4, -0.2) is 32.7 Å². The molecule has 0 fully saturated rings. The second kappa shape index (κ2) is 8.53. The summed E-state index contributed by atoms with van der Waals surface area (Å²) in [6.07, 6.45) is 2.49. The van der Waals surface area contributed by atoms with Gasteiger partial charge in [0.2, 0.25) is 6.30 Å². The van der Waals surface area contributed by atoms with Gasteiger partial charge in [-0.3, -0.25) is 0 Å². The summed E-state index contributed by atoms with van der Waals surface area (Å²) in [5.74, 6) is 0. The van der Waals surface area contributed by atoms with Crippen LogP contribution in [0.2, 0.25) is 0 Å². The lowest BCUT2D eigenvalue weighted by Crippen LogP contribution is -2.19. The monoisotopic (exact) mass is 346 g/mol. The Morgan fingerprint density at radius 1 is 1.36 bits per heavy atom. The maximum absolute atomic E-state index is 14.7. The molecule has 0 radical (unpaired) electrons. The molecule has 0 aliphatic rings. The molecule has 0 amide bonds. The van der Waals surface area contributed by atoms with Gasteiger partial charge in [0.15, 0.2) is 0 Å². The van der Waals surface area contributed by atoms with E-state index in [2.05, 4.69) is 21.8 Å². The lowest BCUT2D eigenvalue weighted by molar-refractivity contribution is -0.0149. The van der Waals surface area contributed by atoms with Crippen LogP contribution in [0.25, 0.3) is 0 Å². The Labute approximate surface area is 147 Å². The van der Waals surface area contributed by atoms with E-state index in [9.17, 15) is 4.39 Å². The lowest BCUT2D eigenvalue weighted by atomic mass is 10.1. The van der Waals surface area contributed by atoms with Crippen molar-refractivity contribution in [3.05, 3.63) is 60.7 Å². The number of benzene rings is 1. The predicted octanol–water partition coefficient (Wildman–Crippen LogP) is 3.67. The quantitative estimate of drug-likeness (QED) is 0.317. The van der Waals surface area contributed by atoms with Crippen LogP contribution in [0, 0.1) is 0 Å². The maximum atomic E-state index is 14.7. The van der Waals surface area contributed by atoms with Crippen LogP contribution in [0.5, 0.6) is 0 Å². The first kappa shape index (κ1) is 18.8. The summed E-state index contributed by atoms with van der Waals surface area (Å²) in [7, 11) is 0. The first-order chi connectivity index (χ1) is 11.9. The lowest BCUT2D eigenvalue weighted by Gasteiger charge is -2.19. The molecule has 0 bridgehead atoms. The fraction of sp³-hybridized carbons (Fsp3) is 0.389. The van der Waals surface area contributed by atoms with Crippen LogP contribution in [-0.2, 0) is 16.2 Å². The Kier molecular flexibility index (Phi) is 6.41. The molecule has 0 aliphatic heterocycles. The summed E-state index contributed by atoms with van der Waals surface area (Å²) < 4.78 is 21.6. The second-order valence-corrected chi connectivity index (χ2v) is 6.37. The smallest absolute Gasteiger partial charge is 0.239 e. The Balaban J connectivity index is 2.19. The normalized spacial score (nSPS) is 13.5. The van der Waals surface area contributed by atoms with Gasteiger partial charge >= 0.3 is 0 Å². The van der Waals surface area contributed by atoms with Gasteiger partial charge in [0.25, 0.3) is 0 Å². The highest BCUT2D eigenvalue weighted by Crippen LogP contribution is 2.18. The molecule has 6 nitrogen and oxygen atoms in total. The second-order valence-electron chi connectivity index (χ2n) is 6.37. The van der Waals surface area contributed by atoms with E-state index in [1.165, 1.54) is 18.7 Å². The van der Waals surface area contributed by atoms with Crippen LogP contribution >= 0.6 is 0 Å². The first-order valence-electron chi connectivity index (χ1n) is 7.93. The predicted molar refractivity (Wildman–Crippen MR) is 93.8 cm³/mol. The zero-order chi connectivity index (χ0) is 18.3. The maximum Gasteiger partial charge on any atom is 0.239 e. The summed E-state index contributed by atoms with van der Waals surface area (Å²) in [5, 5.41) is 7.72. The Morgan fingerprint density at radius 2 is 2.08 bits per heavy atom. The zero-order valence-corrected chi connectivity index (χ0v) is 14.7. The molecule has 1 atom stereocenters. The summed E-state index contributed by atoms with van der Waals surface area (Å²) in [6.45, 7) is 10.2. The molecule has 1 aromatic heterocycles. The average Bonchev–Trinajstić information content (AvgIpc) is 3.11. The van der Waals surface area contributed by atoms with Gasteiger partial charge in [-0.25, -0.2) is 14.1 Å². The third-order valence-corrected chi connectivity index (χ3v) is 3.17. The number of halogens is 1. The fourth-order valence-corrected chi connectivity index (χ4v) is 1.92. The molecular weight excluding hydrogens is 323 g/mol. The van der Waals surface area contributed by atoms with Gasteiger partial charge in [-0.2, -0.15) is 5.10 Å². The number of nitrogens with zero attached hydrogens (tertiary/aromatic N) is 4. The minimum absolute atomic E-state index is 0.107. The third-order valence-electron chi connectivity index (χ3n) is 3.17. The fourth-order valence-electron chi connectivity index (χ4n) is 1.92. The molecular formula is C18H23FN4O2. The van der Waals surface area contributed by atoms with E-state index >= 15 is 0 Å². The molecule has 0 saturated heterocycles. The van der Waals surface area contributed by atoms with Crippen molar-refractivity contribution in [3.63, 3.8) is 0 Å². The highest BCUT2D eigenvalue weighted by molar-refractivity contribution is 6.02. The van der Waals surface area contributed by atoms with E-state index in [0.717, 1.165) is 10.2 Å². The van der Waals surface area contributed by atoms with Crippen LogP contribution in [0.1, 0.15) is 38.2 Å². The van der Waals surface area contributed by atoms with Crippen LogP contribution in [0.15, 0.2) is 54.7 Å². The zero-order valence-electron chi connectivity index (χ0n) is 14.7. The van der Waals surface area contributed by atoms with Crippen molar-refractivity contribution in [2.24, 2.45) is 5.16 Å². The highest BCUT2D eigenvalue weighted by Gasteiger charge is 2.21. The van der Waals surface area contributed by atoms with Crippen molar-refractivity contribution >= 4 is 5.71 Å². The molecule has 0 spiro atoms. The largest absolute Gasteiger partial charge is 0.391 e. The minimum atomic E-state index is -1.61. The molecule has 134 valence electrons. The molecule has 1 aromatic carbocycles. The van der Waals surface area contributed by atoms with Crippen molar-refractivity contribution in [1.82, 2.24) is 14.8 Å². The van der Waals surface area contributed by atoms with Crippen LogP contribution in [0.4, 0.5) is 4.39 Å². The van der Waals surface area contributed by atoms with Gasteiger partial charge in [0.05, 0.1) is 12.2 Å². The van der Waals surface area contributed by atoms with Crippen molar-refractivity contribution in [2.75, 3.05) is 6.61 Å². The molecule has 0 saturated carbocycles. The van der Waals surface area contributed by atoms with E-state index in [4.69, 9.17) is 9.57 Å². The van der Waals surface area contributed by atoms with Crippen LogP contribution < -0.4 is 0 Å². The number of alkyl halides is 1. The molecule has 1 unspecified atom stereocenters. The molecule has 0 aliphatic carbocycles. The van der Waals surface area contributed by atoms with E-state index < -0.39 is 6.30 Å².